The van der Waals surface area contributed by atoms with Gasteiger partial charge in [0.25, 0.3) is 0 Å². The Balaban J connectivity index is 0.00000225. The zero-order chi connectivity index (χ0) is 11.5. The van der Waals surface area contributed by atoms with E-state index < -0.39 is 23.2 Å². The molecule has 0 aliphatic carbocycles. The first-order chi connectivity index (χ1) is 7.09. The summed E-state index contributed by atoms with van der Waals surface area (Å²) >= 11 is 0. The number of nitrogens with one attached hydrogen (secondary N) is 1. The standard InChI is InChI=1S/C9H3BF2N3.K/c11-7-1-2-9(12)8(3-7)10(4-13,5-14)6-15;/h1-3H;/q-1;+1/p+1. The van der Waals surface area contributed by atoms with E-state index in [1.807, 2.05) is 0 Å². The second kappa shape index (κ2) is 6.10. The maximum absolute atomic E-state index is 13.2. The molecule has 16 heavy (non-hydrogen) atoms. The van der Waals surface area contributed by atoms with Crippen LogP contribution in [-0.4, -0.2) is 6.15 Å². The summed E-state index contributed by atoms with van der Waals surface area (Å²) in [6.07, 6.45) is -2.89. The maximum Gasteiger partial charge on any atom is 1.00 e. The summed E-state index contributed by atoms with van der Waals surface area (Å²) in [5, 5.41) is 24.3. The van der Waals surface area contributed by atoms with Gasteiger partial charge >= 0.3 is 57.5 Å². The van der Waals surface area contributed by atoms with Gasteiger partial charge in [-0.05, 0) is 12.1 Å². The molecule has 0 unspecified atom stereocenters. The largest absolute Gasteiger partial charge is 1.00 e. The van der Waals surface area contributed by atoms with Gasteiger partial charge in [0.05, 0.1) is 11.8 Å². The Bertz CT molecular complexity index is 491. The third kappa shape index (κ3) is 2.68. The third-order valence-corrected chi connectivity index (χ3v) is 2.03. The molecule has 0 aliphatic heterocycles. The third-order valence-electron chi connectivity index (χ3n) is 2.03. The van der Waals surface area contributed by atoms with Crippen LogP contribution >= 0.6 is 0 Å². The van der Waals surface area contributed by atoms with Crippen LogP contribution in [0.4, 0.5) is 8.78 Å². The smallest absolute Gasteiger partial charge is 0.246 e. The van der Waals surface area contributed by atoms with Crippen molar-refractivity contribution in [2.45, 2.75) is 0 Å². The number of hydrogen-bond acceptors (Lipinski definition) is 2. The second-order valence-corrected chi connectivity index (χ2v) is 2.93. The van der Waals surface area contributed by atoms with Gasteiger partial charge in [0.15, 0.2) is 0 Å². The summed E-state index contributed by atoms with van der Waals surface area (Å²) in [6, 6.07) is 2.43. The number of nitriles is 2. The topological polar surface area (TPSA) is 71.4 Å². The molecule has 1 aromatic rings. The van der Waals surface area contributed by atoms with Crippen LogP contribution < -0.4 is 62.1 Å². The molecule has 72 valence electrons. The van der Waals surface area contributed by atoms with Crippen LogP contribution in [0.5, 0.6) is 0 Å². The summed E-state index contributed by atoms with van der Waals surface area (Å²) in [5.41, 5.74) is -0.435. The zero-order valence-corrected chi connectivity index (χ0v) is 11.6. The molecule has 0 radical (unpaired) electrons. The fourth-order valence-electron chi connectivity index (χ4n) is 1.16. The normalized spacial score (nSPS) is 9.19. The van der Waals surface area contributed by atoms with E-state index in [1.165, 1.54) is 11.9 Å². The van der Waals surface area contributed by atoms with Gasteiger partial charge in [0, 0.05) is 0 Å². The minimum atomic E-state index is -2.89. The Morgan fingerprint density at radius 2 is 1.75 bits per heavy atom. The van der Waals surface area contributed by atoms with Gasteiger partial charge in [-0.2, -0.15) is 0 Å². The molecule has 0 fully saturated rings. The molecular formula is C9H4BF2KN3+. The predicted octanol–water partition coefficient (Wildman–Crippen LogP) is -3.94. The Kier molecular flexibility index (Phi) is 5.82. The van der Waals surface area contributed by atoms with E-state index in [4.69, 9.17) is 15.8 Å². The van der Waals surface area contributed by atoms with Crippen LogP contribution in [0.25, 0.3) is 0 Å². The molecule has 0 spiro atoms. The monoisotopic (exact) mass is 242 g/mol. The number of nitrogens with zero attached hydrogens (tertiary/aromatic N) is 2. The molecule has 1 rings (SSSR count). The molecule has 3 nitrogen and oxygen atoms in total. The fourth-order valence-corrected chi connectivity index (χ4v) is 1.16. The van der Waals surface area contributed by atoms with Crippen LogP contribution in [0.2, 0.25) is 0 Å². The van der Waals surface area contributed by atoms with E-state index in [0.717, 1.165) is 18.2 Å². The molecular weight excluding hydrogens is 238 g/mol. The van der Waals surface area contributed by atoms with Crippen molar-refractivity contribution in [2.75, 3.05) is 0 Å². The maximum atomic E-state index is 13.2. The Labute approximate surface area is 134 Å². The van der Waals surface area contributed by atoms with E-state index in [-0.39, 0.29) is 51.4 Å². The van der Waals surface area contributed by atoms with Gasteiger partial charge in [-0.1, -0.05) is 6.07 Å². The first-order valence-corrected chi connectivity index (χ1v) is 3.97. The molecule has 0 heterocycles. The van der Waals surface area contributed by atoms with Gasteiger partial charge in [-0.25, -0.2) is 19.3 Å². The first-order valence-electron chi connectivity index (χ1n) is 3.97. The van der Waals surface area contributed by atoms with Crippen molar-refractivity contribution in [2.24, 2.45) is 0 Å². The second-order valence-electron chi connectivity index (χ2n) is 2.93. The predicted molar refractivity (Wildman–Crippen MR) is 47.8 cm³/mol. The Morgan fingerprint density at radius 1 is 1.19 bits per heavy atom. The van der Waals surface area contributed by atoms with Crippen molar-refractivity contribution in [3.05, 3.63) is 29.8 Å². The van der Waals surface area contributed by atoms with Crippen molar-refractivity contribution >= 4 is 11.6 Å². The number of hydrogen-bond donors (Lipinski definition) is 1. The van der Waals surface area contributed by atoms with Gasteiger partial charge < -0.3 is 0 Å². The molecule has 0 bridgehead atoms. The van der Waals surface area contributed by atoms with Gasteiger partial charge in [-0.15, -0.1) is 22.7 Å². The van der Waals surface area contributed by atoms with Crippen molar-refractivity contribution in [1.29, 1.82) is 10.5 Å². The van der Waals surface area contributed by atoms with Crippen molar-refractivity contribution < 1.29 is 65.4 Å². The average Bonchev–Trinajstić information content (AvgIpc) is 2.26. The fraction of sp³-hybridized carbons (Fsp3) is 0. The summed E-state index contributed by atoms with van der Waals surface area (Å²) in [5.74, 6) is 3.02. The van der Waals surface area contributed by atoms with Crippen molar-refractivity contribution in [1.82, 2.24) is 0 Å². The van der Waals surface area contributed by atoms with E-state index in [0.29, 0.717) is 0 Å². The first kappa shape index (κ1) is 15.3. The number of benzene rings is 1. The van der Waals surface area contributed by atoms with Crippen LogP contribution in [0, 0.1) is 40.1 Å². The summed E-state index contributed by atoms with van der Waals surface area (Å²) in [4.78, 5) is 0. The van der Waals surface area contributed by atoms with E-state index in [2.05, 4.69) is 0 Å². The molecule has 1 aromatic carbocycles. The van der Waals surface area contributed by atoms with E-state index in [1.54, 1.807) is 5.97 Å². The SMILES string of the molecule is N#C[B-](C#N)(C#[NH+])c1cc(F)ccc1F.[K+]. The van der Waals surface area contributed by atoms with E-state index >= 15 is 0 Å². The van der Waals surface area contributed by atoms with Crippen LogP contribution in [0.1, 0.15) is 0 Å². The molecule has 0 aromatic heterocycles. The summed E-state index contributed by atoms with van der Waals surface area (Å²) in [7, 11) is 0. The molecule has 0 saturated carbocycles. The van der Waals surface area contributed by atoms with Crippen LogP contribution in [0.15, 0.2) is 18.2 Å². The Hall–Kier alpha value is -0.749. The van der Waals surface area contributed by atoms with Crippen LogP contribution in [-0.2, 0) is 0 Å². The number of halogens is 2. The molecule has 0 aliphatic rings. The number of rotatable bonds is 1. The molecule has 0 atom stereocenters. The molecule has 7 heteroatoms. The molecule has 1 N–H and O–H groups in total. The summed E-state index contributed by atoms with van der Waals surface area (Å²) < 4.78 is 26.1. The van der Waals surface area contributed by atoms with Crippen LogP contribution in [0.3, 0.4) is 0 Å². The zero-order valence-electron chi connectivity index (χ0n) is 8.46. The molecule has 0 saturated heterocycles. The molecule has 0 amide bonds. The minimum Gasteiger partial charge on any atom is -0.246 e. The van der Waals surface area contributed by atoms with Gasteiger partial charge in [0.1, 0.15) is 5.82 Å². The summed E-state index contributed by atoms with van der Waals surface area (Å²) in [6.45, 7) is 0. The Morgan fingerprint density at radius 3 is 2.19 bits per heavy atom. The van der Waals surface area contributed by atoms with Gasteiger partial charge in [-0.3, -0.25) is 0 Å². The average molecular weight is 242 g/mol. The van der Waals surface area contributed by atoms with Crippen molar-refractivity contribution in [3.8, 4) is 17.9 Å². The quantitative estimate of drug-likeness (QED) is 0.511. The van der Waals surface area contributed by atoms with Crippen molar-refractivity contribution in [3.63, 3.8) is 0 Å². The van der Waals surface area contributed by atoms with Gasteiger partial charge in [0.2, 0.25) is 0 Å². The minimum absolute atomic E-state index is 0. The van der Waals surface area contributed by atoms with E-state index in [9.17, 15) is 8.78 Å².